The van der Waals surface area contributed by atoms with Gasteiger partial charge in [0.15, 0.2) is 0 Å². The van der Waals surface area contributed by atoms with Crippen molar-refractivity contribution in [1.29, 1.82) is 10.5 Å². The molecular weight excluding hydrogens is 732 g/mol. The fraction of sp³-hybridized carbons (Fsp3) is 0.353. The van der Waals surface area contributed by atoms with Crippen LogP contribution in [0, 0.1) is 23.0 Å². The molecule has 0 radical (unpaired) electrons. The number of nitrogens with zero attached hydrogens (tertiary/aromatic N) is 6. The molecule has 4 heterocycles. The van der Waals surface area contributed by atoms with Crippen LogP contribution in [0.25, 0.3) is 22.8 Å². The van der Waals surface area contributed by atoms with Crippen LogP contribution >= 0.6 is 0 Å². The van der Waals surface area contributed by atoms with E-state index in [0.717, 1.165) is 33.1 Å². The zero-order chi connectivity index (χ0) is 37.2. The van der Waals surface area contributed by atoms with Gasteiger partial charge in [-0.3, -0.25) is 19.9 Å². The minimum absolute atomic E-state index is 0.285. The van der Waals surface area contributed by atoms with Crippen molar-refractivity contribution in [3.8, 4) is 35.3 Å². The second-order valence-electron chi connectivity index (χ2n) is 9.39. The maximum atomic E-state index is 7.63. The van der Waals surface area contributed by atoms with Crippen molar-refractivity contribution in [2.24, 2.45) is 0 Å². The molecule has 0 atom stereocenters. The molecule has 4 aromatic rings. The van der Waals surface area contributed by atoms with Gasteiger partial charge in [-0.2, -0.15) is 0 Å². The van der Waals surface area contributed by atoms with Crippen LogP contribution in [0.3, 0.4) is 0 Å². The number of hydrogen-bond donors (Lipinski definition) is 0. The van der Waals surface area contributed by atoms with E-state index in [4.69, 9.17) is 37.1 Å². The first kappa shape index (κ1) is 43.1. The molecule has 0 fully saturated rings. The second kappa shape index (κ2) is 24.9. The SMILES string of the molecule is CCO[Si](OCC)(OCC)c1ccc(-c2ccccn2)nc1.CCO[Si](OCC)(OCC)c1ccc(-c2ccccn2)nc1.N#C[O][Fe][O]C#N. The number of hydrogen-bond acceptors (Lipinski definition) is 14. The Morgan fingerprint density at radius 2 is 0.824 bits per heavy atom. The molecule has 0 unspecified atom stereocenters. The van der Waals surface area contributed by atoms with Crippen LogP contribution in [0.15, 0.2) is 85.5 Å². The zero-order valence-electron chi connectivity index (χ0n) is 29.6. The molecule has 0 bridgehead atoms. The first-order chi connectivity index (χ1) is 24.9. The van der Waals surface area contributed by atoms with Crippen molar-refractivity contribution in [2.75, 3.05) is 39.6 Å². The second-order valence-corrected chi connectivity index (χ2v) is 15.1. The Labute approximate surface area is 309 Å². The molecule has 51 heavy (non-hydrogen) atoms. The Balaban J connectivity index is 0.000000299. The Morgan fingerprint density at radius 3 is 1.06 bits per heavy atom. The monoisotopic (exact) mass is 776 g/mol. The Kier molecular flexibility index (Phi) is 21.1. The average Bonchev–Trinajstić information content (AvgIpc) is 3.17. The molecule has 0 aliphatic heterocycles. The molecule has 0 aliphatic rings. The summed E-state index contributed by atoms with van der Waals surface area (Å²) in [5, 5.41) is 17.0. The van der Waals surface area contributed by atoms with Crippen LogP contribution in [0.4, 0.5) is 0 Å². The van der Waals surface area contributed by atoms with Crippen molar-refractivity contribution in [2.45, 2.75) is 41.5 Å². The summed E-state index contributed by atoms with van der Waals surface area (Å²) in [7, 11) is -5.76. The Bertz CT molecular complexity index is 1430. The molecule has 0 amide bonds. The van der Waals surface area contributed by atoms with E-state index in [9.17, 15) is 0 Å². The van der Waals surface area contributed by atoms with Gasteiger partial charge in [0.25, 0.3) is 0 Å². The zero-order valence-corrected chi connectivity index (χ0v) is 32.7. The van der Waals surface area contributed by atoms with Crippen molar-refractivity contribution in [3.63, 3.8) is 0 Å². The van der Waals surface area contributed by atoms with Crippen LogP contribution in [0.5, 0.6) is 0 Å². The van der Waals surface area contributed by atoms with E-state index in [1.54, 1.807) is 24.8 Å². The first-order valence-electron chi connectivity index (χ1n) is 16.2. The molecule has 0 saturated heterocycles. The topological polar surface area (TPSA) is 173 Å². The average molecular weight is 777 g/mol. The molecule has 0 aliphatic carbocycles. The van der Waals surface area contributed by atoms with Crippen molar-refractivity contribution < 1.29 is 49.8 Å². The van der Waals surface area contributed by atoms with Gasteiger partial charge in [-0.1, -0.05) is 24.3 Å². The number of nitriles is 2. The van der Waals surface area contributed by atoms with E-state index in [2.05, 4.69) is 27.6 Å². The van der Waals surface area contributed by atoms with E-state index in [0.29, 0.717) is 39.6 Å². The van der Waals surface area contributed by atoms with E-state index in [-0.39, 0.29) is 15.6 Å². The molecule has 14 nitrogen and oxygen atoms in total. The molecule has 17 heteroatoms. The molecule has 0 aromatic carbocycles. The molecule has 4 rings (SSSR count). The molecule has 0 N–H and O–H groups in total. The normalized spacial score (nSPS) is 10.8. The summed E-state index contributed by atoms with van der Waals surface area (Å²) in [6.45, 7) is 14.9. The quantitative estimate of drug-likeness (QED) is 0.0774. The van der Waals surface area contributed by atoms with Gasteiger partial charge in [-0.15, -0.1) is 0 Å². The summed E-state index contributed by atoms with van der Waals surface area (Å²) in [4.78, 5) is 17.6. The Hall–Kier alpha value is -4.11. The van der Waals surface area contributed by atoms with Crippen molar-refractivity contribution in [1.82, 2.24) is 19.9 Å². The molecule has 4 aromatic heterocycles. The van der Waals surface area contributed by atoms with Gasteiger partial charge in [0.05, 0.1) is 22.8 Å². The number of pyridine rings is 4. The third-order valence-electron chi connectivity index (χ3n) is 6.22. The minimum atomic E-state index is -2.88. The fourth-order valence-corrected chi connectivity index (χ4v) is 9.34. The first-order valence-corrected chi connectivity index (χ1v) is 20.6. The van der Waals surface area contributed by atoms with E-state index >= 15 is 0 Å². The fourth-order valence-electron chi connectivity index (χ4n) is 4.41. The van der Waals surface area contributed by atoms with Crippen LogP contribution in [-0.2, 0) is 49.8 Å². The van der Waals surface area contributed by atoms with Gasteiger partial charge < -0.3 is 26.6 Å². The number of aromatic nitrogens is 4. The molecule has 0 saturated carbocycles. The number of rotatable bonds is 18. The van der Waals surface area contributed by atoms with E-state index < -0.39 is 17.6 Å². The summed E-state index contributed by atoms with van der Waals surface area (Å²) in [6, 6.07) is 19.3. The maximum absolute atomic E-state index is 7.63. The van der Waals surface area contributed by atoms with Crippen molar-refractivity contribution in [3.05, 3.63) is 85.5 Å². The summed E-state index contributed by atoms with van der Waals surface area (Å²) in [5.74, 6) is 0. The Morgan fingerprint density at radius 1 is 0.490 bits per heavy atom. The standard InChI is InChI=1S/2C16H22N2O3Si.2CHNO.Fe/c2*1-4-19-22(20-5-2,21-6-3)14-10-11-16(18-13-14)15-9-7-8-12-17-15;2*2-1-3;/h2*7-13H,4-6H2,1-3H3;2*3H;/q;;;;+2/p-2. The molecule has 0 spiro atoms. The van der Waals surface area contributed by atoms with Gasteiger partial charge in [-0.05, 0) is 77.9 Å². The summed E-state index contributed by atoms with van der Waals surface area (Å²) in [6.07, 6.45) is 9.71. The third-order valence-corrected chi connectivity index (χ3v) is 12.6. The van der Waals surface area contributed by atoms with Gasteiger partial charge >= 0.3 is 63.9 Å². The van der Waals surface area contributed by atoms with E-state index in [1.807, 2.05) is 102 Å². The summed E-state index contributed by atoms with van der Waals surface area (Å²) >= 11 is -0.285. The van der Waals surface area contributed by atoms with Gasteiger partial charge in [-0.25, -0.2) is 0 Å². The third kappa shape index (κ3) is 13.9. The van der Waals surface area contributed by atoms with E-state index in [1.165, 1.54) is 12.5 Å². The predicted molar refractivity (Wildman–Crippen MR) is 189 cm³/mol. The molecule has 274 valence electrons. The van der Waals surface area contributed by atoms with Crippen LogP contribution in [-0.4, -0.2) is 77.2 Å². The van der Waals surface area contributed by atoms with Crippen LogP contribution < -0.4 is 10.4 Å². The summed E-state index contributed by atoms with van der Waals surface area (Å²) < 4.78 is 43.2. The van der Waals surface area contributed by atoms with Gasteiger partial charge in [0.2, 0.25) is 0 Å². The predicted octanol–water partition coefficient (Wildman–Crippen LogP) is 4.69. The van der Waals surface area contributed by atoms with Gasteiger partial charge in [0, 0.05) is 74.8 Å². The van der Waals surface area contributed by atoms with Crippen LogP contribution in [0.1, 0.15) is 41.5 Å². The molecular formula is C34H44FeN6O8Si2. The van der Waals surface area contributed by atoms with Crippen molar-refractivity contribution >= 4 is 28.0 Å². The summed E-state index contributed by atoms with van der Waals surface area (Å²) in [5.41, 5.74) is 3.31. The van der Waals surface area contributed by atoms with Crippen LogP contribution in [0.2, 0.25) is 0 Å². The van der Waals surface area contributed by atoms with Gasteiger partial charge in [0.1, 0.15) is 0 Å².